The van der Waals surface area contributed by atoms with E-state index >= 15 is 0 Å². The van der Waals surface area contributed by atoms with Gasteiger partial charge >= 0.3 is 5.97 Å². The minimum absolute atomic E-state index is 0.116. The number of carbonyl (C=O) groups is 1. The van der Waals surface area contributed by atoms with Crippen LogP contribution in [0.4, 0.5) is 0 Å². The molecule has 0 heterocycles. The highest BCUT2D eigenvalue weighted by Gasteiger charge is 2.10. The fourth-order valence-electron chi connectivity index (χ4n) is 9.30. The SMILES string of the molecule is CCCCCCCCCCCCCCCCCCOC(=O)CCc1cc(C)c(O)c(C)c1.CCCCCCCCOc1cc(C)c(OCCCCCCCC)cc1C.Cc1cc(-c2ccccc2)cc(C)c1O. The quantitative estimate of drug-likeness (QED) is 0.0346. The van der Waals surface area contributed by atoms with Gasteiger partial charge in [-0.15, -0.1) is 0 Å². The van der Waals surface area contributed by atoms with Crippen molar-refractivity contribution in [3.05, 3.63) is 106 Å². The fraction of sp³-hybridized carbons (Fsp3) is 0.627. The molecule has 0 aromatic heterocycles. The monoisotopic (exact) mass is 1010 g/mol. The summed E-state index contributed by atoms with van der Waals surface area (Å²) in [6.07, 6.45) is 38.2. The number of hydrogen-bond acceptors (Lipinski definition) is 6. The molecule has 0 saturated heterocycles. The van der Waals surface area contributed by atoms with Gasteiger partial charge in [-0.2, -0.15) is 0 Å². The highest BCUT2D eigenvalue weighted by atomic mass is 16.5. The number of benzene rings is 4. The highest BCUT2D eigenvalue weighted by molar-refractivity contribution is 5.70. The second-order valence-corrected chi connectivity index (χ2v) is 21.0. The molecule has 4 rings (SSSR count). The summed E-state index contributed by atoms with van der Waals surface area (Å²) >= 11 is 0. The van der Waals surface area contributed by atoms with Gasteiger partial charge in [0, 0.05) is 6.42 Å². The van der Waals surface area contributed by atoms with Crippen LogP contribution < -0.4 is 9.47 Å². The first kappa shape index (κ1) is 64.7. The molecular formula is C67H106O6. The standard InChI is InChI=1S/C29H50O3.C24H42O2.C14H14O/c1-4-5-6-7-8-9-10-11-12-13-14-15-16-17-18-19-22-32-28(30)21-20-27-23-25(2)29(31)26(3)24-27;1-5-7-9-11-13-15-17-25-23-19-22(4)24(20-21(23)3)26-18-16-14-12-10-8-6-2;1-10-8-13(9-11(2)14(10)15)12-6-4-3-5-7-12/h23-24,31H,4-22H2,1-3H3;19-20H,5-18H2,1-4H3;3-9,15H,1-2H3. The van der Waals surface area contributed by atoms with E-state index in [1.54, 1.807) is 0 Å². The van der Waals surface area contributed by atoms with Gasteiger partial charge in [-0.05, 0) is 142 Å². The molecule has 4 aromatic rings. The first-order chi connectivity index (χ1) is 35.4. The van der Waals surface area contributed by atoms with Crippen LogP contribution in [0.5, 0.6) is 23.0 Å². The maximum absolute atomic E-state index is 11.9. The molecule has 4 aromatic carbocycles. The summed E-state index contributed by atoms with van der Waals surface area (Å²) in [6, 6.07) is 22.4. The van der Waals surface area contributed by atoms with E-state index in [0.717, 1.165) is 83.8 Å². The zero-order valence-corrected chi connectivity index (χ0v) is 48.2. The maximum Gasteiger partial charge on any atom is 0.306 e. The van der Waals surface area contributed by atoms with Crippen molar-refractivity contribution in [1.29, 1.82) is 0 Å². The van der Waals surface area contributed by atoms with Crippen molar-refractivity contribution >= 4 is 5.97 Å². The van der Waals surface area contributed by atoms with Crippen LogP contribution in [0, 0.1) is 41.5 Å². The Labute approximate surface area is 447 Å². The summed E-state index contributed by atoms with van der Waals surface area (Å²) in [4.78, 5) is 11.9. The van der Waals surface area contributed by atoms with Crippen molar-refractivity contribution in [2.45, 2.75) is 255 Å². The lowest BCUT2D eigenvalue weighted by Gasteiger charge is -2.14. The molecule has 0 amide bonds. The Hall–Kier alpha value is -4.45. The summed E-state index contributed by atoms with van der Waals surface area (Å²) in [5, 5.41) is 19.5. The number of hydrogen-bond donors (Lipinski definition) is 2. The van der Waals surface area contributed by atoms with Crippen LogP contribution in [0.25, 0.3) is 11.1 Å². The molecule has 410 valence electrons. The third kappa shape index (κ3) is 30.5. The van der Waals surface area contributed by atoms with E-state index in [1.807, 2.05) is 70.2 Å². The Bertz CT molecular complexity index is 1910. The normalized spacial score (nSPS) is 10.9. The predicted octanol–water partition coefficient (Wildman–Crippen LogP) is 20.2. The molecule has 0 fully saturated rings. The number of carbonyl (C=O) groups excluding carboxylic acids is 1. The van der Waals surface area contributed by atoms with Crippen LogP contribution in [0.1, 0.15) is 246 Å². The van der Waals surface area contributed by atoms with Gasteiger partial charge in [0.1, 0.15) is 23.0 Å². The van der Waals surface area contributed by atoms with Crippen molar-refractivity contribution in [3.8, 4) is 34.1 Å². The molecule has 0 aliphatic carbocycles. The molecule has 0 bridgehead atoms. The van der Waals surface area contributed by atoms with Crippen LogP contribution in [-0.2, 0) is 16.0 Å². The molecule has 0 radical (unpaired) electrons. The Morgan fingerprint density at radius 2 is 0.712 bits per heavy atom. The predicted molar refractivity (Wildman–Crippen MR) is 313 cm³/mol. The van der Waals surface area contributed by atoms with Crippen LogP contribution in [-0.4, -0.2) is 36.0 Å². The molecule has 6 heteroatoms. The largest absolute Gasteiger partial charge is 0.507 e. The van der Waals surface area contributed by atoms with Gasteiger partial charge in [-0.1, -0.05) is 224 Å². The summed E-state index contributed by atoms with van der Waals surface area (Å²) in [5.74, 6) is 2.66. The Kier molecular flexibility index (Phi) is 37.1. The van der Waals surface area contributed by atoms with Crippen molar-refractivity contribution < 1.29 is 29.2 Å². The zero-order valence-electron chi connectivity index (χ0n) is 48.2. The second-order valence-electron chi connectivity index (χ2n) is 21.0. The fourth-order valence-corrected chi connectivity index (χ4v) is 9.30. The third-order valence-electron chi connectivity index (χ3n) is 14.0. The summed E-state index contributed by atoms with van der Waals surface area (Å²) in [5.41, 5.74) is 9.36. The van der Waals surface area contributed by atoms with E-state index in [4.69, 9.17) is 14.2 Å². The van der Waals surface area contributed by atoms with E-state index < -0.39 is 0 Å². The van der Waals surface area contributed by atoms with E-state index in [2.05, 4.69) is 58.9 Å². The van der Waals surface area contributed by atoms with Crippen LogP contribution in [0.3, 0.4) is 0 Å². The molecule has 0 saturated carbocycles. The van der Waals surface area contributed by atoms with Crippen molar-refractivity contribution in [3.63, 3.8) is 0 Å². The average molecular weight is 1010 g/mol. The summed E-state index contributed by atoms with van der Waals surface area (Å²) in [7, 11) is 0. The smallest absolute Gasteiger partial charge is 0.306 e. The van der Waals surface area contributed by atoms with Gasteiger partial charge in [-0.3, -0.25) is 4.79 Å². The number of aryl methyl sites for hydroxylation is 7. The summed E-state index contributed by atoms with van der Waals surface area (Å²) in [6.45, 7) is 20.9. The number of ether oxygens (including phenoxy) is 3. The first-order valence-electron chi connectivity index (χ1n) is 29.6. The summed E-state index contributed by atoms with van der Waals surface area (Å²) < 4.78 is 17.4. The third-order valence-corrected chi connectivity index (χ3v) is 14.0. The molecule has 0 aliphatic heterocycles. The van der Waals surface area contributed by atoms with Gasteiger partial charge in [0.25, 0.3) is 0 Å². The Morgan fingerprint density at radius 1 is 0.384 bits per heavy atom. The highest BCUT2D eigenvalue weighted by Crippen LogP contribution is 2.30. The van der Waals surface area contributed by atoms with Crippen LogP contribution >= 0.6 is 0 Å². The lowest BCUT2D eigenvalue weighted by atomic mass is 10.00. The van der Waals surface area contributed by atoms with Gasteiger partial charge in [0.2, 0.25) is 0 Å². The van der Waals surface area contributed by atoms with Crippen molar-refractivity contribution in [1.82, 2.24) is 0 Å². The molecular weight excluding hydrogens is 901 g/mol. The minimum Gasteiger partial charge on any atom is -0.507 e. The Morgan fingerprint density at radius 3 is 1.08 bits per heavy atom. The Balaban J connectivity index is 0.000000397. The van der Waals surface area contributed by atoms with E-state index in [0.29, 0.717) is 30.9 Å². The molecule has 73 heavy (non-hydrogen) atoms. The number of aromatic hydroxyl groups is 2. The topological polar surface area (TPSA) is 85.2 Å². The van der Waals surface area contributed by atoms with E-state index in [9.17, 15) is 15.0 Å². The maximum atomic E-state index is 11.9. The van der Waals surface area contributed by atoms with Gasteiger partial charge in [-0.25, -0.2) is 0 Å². The van der Waals surface area contributed by atoms with E-state index in [1.165, 1.54) is 171 Å². The number of rotatable bonds is 37. The lowest BCUT2D eigenvalue weighted by Crippen LogP contribution is -2.07. The van der Waals surface area contributed by atoms with Gasteiger partial charge in [0.05, 0.1) is 19.8 Å². The van der Waals surface area contributed by atoms with Crippen LogP contribution in [0.2, 0.25) is 0 Å². The van der Waals surface area contributed by atoms with Crippen molar-refractivity contribution in [2.75, 3.05) is 19.8 Å². The molecule has 6 nitrogen and oxygen atoms in total. The van der Waals surface area contributed by atoms with Crippen molar-refractivity contribution in [2.24, 2.45) is 0 Å². The van der Waals surface area contributed by atoms with Crippen LogP contribution in [0.15, 0.2) is 66.7 Å². The number of unbranched alkanes of at least 4 members (excludes halogenated alkanes) is 25. The molecule has 0 aliphatic rings. The van der Waals surface area contributed by atoms with Gasteiger partial charge in [0.15, 0.2) is 0 Å². The number of phenolic OH excluding ortho intramolecular Hbond substituents is 2. The molecule has 0 spiro atoms. The lowest BCUT2D eigenvalue weighted by molar-refractivity contribution is -0.143. The zero-order chi connectivity index (χ0) is 53.3. The second kappa shape index (κ2) is 41.8. The van der Waals surface area contributed by atoms with Gasteiger partial charge < -0.3 is 24.4 Å². The number of esters is 1. The molecule has 0 atom stereocenters. The molecule has 2 N–H and O–H groups in total. The average Bonchev–Trinajstić information content (AvgIpc) is 3.38. The first-order valence-corrected chi connectivity index (χ1v) is 29.6. The van der Waals surface area contributed by atoms with E-state index in [-0.39, 0.29) is 5.97 Å². The molecule has 0 unspecified atom stereocenters. The minimum atomic E-state index is -0.116. The number of phenols is 2.